The van der Waals surface area contributed by atoms with Gasteiger partial charge in [-0.3, -0.25) is 0 Å². The van der Waals surface area contributed by atoms with E-state index in [-0.39, 0.29) is 0 Å². The summed E-state index contributed by atoms with van der Waals surface area (Å²) in [5.41, 5.74) is 1.17. The van der Waals surface area contributed by atoms with Gasteiger partial charge in [0.2, 0.25) is 0 Å². The van der Waals surface area contributed by atoms with Gasteiger partial charge in [-0.1, -0.05) is 0 Å². The molecule has 0 saturated carbocycles. The molecule has 0 bridgehead atoms. The standard InChI is InChI=1S/C14H20BrNO3/c1-2-17-7-4-16-10-11-8-12(15)14-13(9-11)18-5-3-6-19-14/h8-9,16H,2-7,10H2,1H3. The molecule has 0 aliphatic carbocycles. The molecular weight excluding hydrogens is 310 g/mol. The molecule has 0 fully saturated rings. The fourth-order valence-electron chi connectivity index (χ4n) is 1.91. The lowest BCUT2D eigenvalue weighted by Gasteiger charge is -2.12. The lowest BCUT2D eigenvalue weighted by atomic mass is 10.2. The van der Waals surface area contributed by atoms with E-state index in [0.29, 0.717) is 13.2 Å². The summed E-state index contributed by atoms with van der Waals surface area (Å²) in [5, 5.41) is 3.34. The predicted octanol–water partition coefficient (Wildman–Crippen LogP) is 2.74. The van der Waals surface area contributed by atoms with Crippen LogP contribution in [0.25, 0.3) is 0 Å². The van der Waals surface area contributed by atoms with Crippen LogP contribution in [-0.2, 0) is 11.3 Å². The van der Waals surface area contributed by atoms with E-state index in [0.717, 1.165) is 48.7 Å². The Morgan fingerprint density at radius 3 is 3.00 bits per heavy atom. The molecular formula is C14H20BrNO3. The molecule has 0 saturated heterocycles. The Labute approximate surface area is 122 Å². The predicted molar refractivity (Wildman–Crippen MR) is 77.9 cm³/mol. The monoisotopic (exact) mass is 329 g/mol. The molecule has 106 valence electrons. The molecule has 2 rings (SSSR count). The molecule has 0 amide bonds. The van der Waals surface area contributed by atoms with Crippen molar-refractivity contribution in [1.29, 1.82) is 0 Å². The maximum Gasteiger partial charge on any atom is 0.175 e. The summed E-state index contributed by atoms with van der Waals surface area (Å²) >= 11 is 3.54. The van der Waals surface area contributed by atoms with Crippen molar-refractivity contribution in [2.75, 3.05) is 33.0 Å². The minimum Gasteiger partial charge on any atom is -0.490 e. The molecule has 0 radical (unpaired) electrons. The molecule has 1 aromatic rings. The first-order chi connectivity index (χ1) is 9.31. The number of ether oxygens (including phenoxy) is 3. The largest absolute Gasteiger partial charge is 0.490 e. The van der Waals surface area contributed by atoms with E-state index in [1.165, 1.54) is 5.56 Å². The van der Waals surface area contributed by atoms with Gasteiger partial charge in [0, 0.05) is 26.1 Å². The van der Waals surface area contributed by atoms with E-state index in [1.54, 1.807) is 0 Å². The molecule has 1 aromatic carbocycles. The molecule has 1 heterocycles. The second-order valence-corrected chi connectivity index (χ2v) is 5.18. The molecule has 0 unspecified atom stereocenters. The number of halogens is 1. The van der Waals surface area contributed by atoms with Crippen molar-refractivity contribution in [3.8, 4) is 11.5 Å². The van der Waals surface area contributed by atoms with Crippen LogP contribution >= 0.6 is 15.9 Å². The lowest BCUT2D eigenvalue weighted by molar-refractivity contribution is 0.149. The second kappa shape index (κ2) is 7.72. The average Bonchev–Trinajstić information content (AvgIpc) is 2.64. The summed E-state index contributed by atoms with van der Waals surface area (Å²) < 4.78 is 17.6. The van der Waals surface area contributed by atoms with Crippen molar-refractivity contribution in [1.82, 2.24) is 5.32 Å². The first-order valence-electron chi connectivity index (χ1n) is 6.67. The van der Waals surface area contributed by atoms with Crippen LogP contribution in [0.5, 0.6) is 11.5 Å². The van der Waals surface area contributed by atoms with Gasteiger partial charge in [0.25, 0.3) is 0 Å². The highest BCUT2D eigenvalue weighted by molar-refractivity contribution is 9.10. The fourth-order valence-corrected chi connectivity index (χ4v) is 2.51. The van der Waals surface area contributed by atoms with Gasteiger partial charge in [0.1, 0.15) is 0 Å². The Balaban J connectivity index is 1.94. The maximum absolute atomic E-state index is 5.71. The van der Waals surface area contributed by atoms with E-state index in [4.69, 9.17) is 14.2 Å². The van der Waals surface area contributed by atoms with Crippen LogP contribution in [0.1, 0.15) is 18.9 Å². The third kappa shape index (κ3) is 4.37. The molecule has 1 aliphatic heterocycles. The van der Waals surface area contributed by atoms with Gasteiger partial charge in [0.05, 0.1) is 24.3 Å². The maximum atomic E-state index is 5.71. The summed E-state index contributed by atoms with van der Waals surface area (Å²) in [6.45, 7) is 6.56. The molecule has 1 aliphatic rings. The van der Waals surface area contributed by atoms with Crippen molar-refractivity contribution < 1.29 is 14.2 Å². The van der Waals surface area contributed by atoms with Crippen LogP contribution < -0.4 is 14.8 Å². The molecule has 19 heavy (non-hydrogen) atoms. The van der Waals surface area contributed by atoms with Gasteiger partial charge in [-0.15, -0.1) is 0 Å². The van der Waals surface area contributed by atoms with Gasteiger partial charge in [-0.25, -0.2) is 0 Å². The summed E-state index contributed by atoms with van der Waals surface area (Å²) in [5.74, 6) is 1.64. The lowest BCUT2D eigenvalue weighted by Crippen LogP contribution is -2.19. The fraction of sp³-hybridized carbons (Fsp3) is 0.571. The molecule has 4 nitrogen and oxygen atoms in total. The average molecular weight is 330 g/mol. The molecule has 0 aromatic heterocycles. The summed E-state index contributed by atoms with van der Waals surface area (Å²) in [4.78, 5) is 0. The van der Waals surface area contributed by atoms with E-state index < -0.39 is 0 Å². The Hall–Kier alpha value is -0.780. The first kappa shape index (κ1) is 14.6. The van der Waals surface area contributed by atoms with Crippen LogP contribution in [0.15, 0.2) is 16.6 Å². The zero-order valence-corrected chi connectivity index (χ0v) is 12.8. The van der Waals surface area contributed by atoms with E-state index >= 15 is 0 Å². The normalized spacial score (nSPS) is 14.2. The second-order valence-electron chi connectivity index (χ2n) is 4.33. The summed E-state index contributed by atoms with van der Waals surface area (Å²) in [6.07, 6.45) is 0.920. The van der Waals surface area contributed by atoms with Crippen LogP contribution in [0.3, 0.4) is 0 Å². The van der Waals surface area contributed by atoms with Crippen molar-refractivity contribution in [3.63, 3.8) is 0 Å². The van der Waals surface area contributed by atoms with Gasteiger partial charge >= 0.3 is 0 Å². The topological polar surface area (TPSA) is 39.7 Å². The Kier molecular flexibility index (Phi) is 5.94. The SMILES string of the molecule is CCOCCNCc1cc(Br)c2c(c1)OCCCO2. The Bertz CT molecular complexity index is 412. The van der Waals surface area contributed by atoms with Crippen molar-refractivity contribution >= 4 is 15.9 Å². The van der Waals surface area contributed by atoms with Crippen molar-refractivity contribution in [3.05, 3.63) is 22.2 Å². The highest BCUT2D eigenvalue weighted by atomic mass is 79.9. The van der Waals surface area contributed by atoms with Crippen molar-refractivity contribution in [2.24, 2.45) is 0 Å². The summed E-state index contributed by atoms with van der Waals surface area (Å²) in [7, 11) is 0. The molecule has 0 spiro atoms. The van der Waals surface area contributed by atoms with Gasteiger partial charge in [-0.05, 0) is 40.5 Å². The highest BCUT2D eigenvalue weighted by Crippen LogP contribution is 2.38. The van der Waals surface area contributed by atoms with Gasteiger partial charge in [0.15, 0.2) is 11.5 Å². The van der Waals surface area contributed by atoms with Crippen LogP contribution in [0.4, 0.5) is 0 Å². The van der Waals surface area contributed by atoms with Crippen LogP contribution in [-0.4, -0.2) is 33.0 Å². The Morgan fingerprint density at radius 1 is 1.32 bits per heavy atom. The summed E-state index contributed by atoms with van der Waals surface area (Å²) in [6, 6.07) is 4.11. The molecule has 1 N–H and O–H groups in total. The Morgan fingerprint density at radius 2 is 2.16 bits per heavy atom. The number of rotatable bonds is 6. The quantitative estimate of drug-likeness (QED) is 0.814. The highest BCUT2D eigenvalue weighted by Gasteiger charge is 2.14. The van der Waals surface area contributed by atoms with Gasteiger partial charge < -0.3 is 19.5 Å². The number of hydrogen-bond donors (Lipinski definition) is 1. The zero-order valence-electron chi connectivity index (χ0n) is 11.2. The molecule has 0 atom stereocenters. The van der Waals surface area contributed by atoms with E-state index in [1.807, 2.05) is 13.0 Å². The number of nitrogens with one attached hydrogen (secondary N) is 1. The van der Waals surface area contributed by atoms with Gasteiger partial charge in [-0.2, -0.15) is 0 Å². The first-order valence-corrected chi connectivity index (χ1v) is 7.47. The third-order valence-corrected chi connectivity index (χ3v) is 3.41. The number of benzene rings is 1. The van der Waals surface area contributed by atoms with Crippen LogP contribution in [0.2, 0.25) is 0 Å². The van der Waals surface area contributed by atoms with Crippen LogP contribution in [0, 0.1) is 0 Å². The van der Waals surface area contributed by atoms with E-state index in [9.17, 15) is 0 Å². The minimum atomic E-state index is 0.706. The number of hydrogen-bond acceptors (Lipinski definition) is 4. The smallest absolute Gasteiger partial charge is 0.175 e. The minimum absolute atomic E-state index is 0.706. The number of fused-ring (bicyclic) bond motifs is 1. The molecule has 5 heteroatoms. The third-order valence-electron chi connectivity index (χ3n) is 2.82. The van der Waals surface area contributed by atoms with Crippen molar-refractivity contribution in [2.45, 2.75) is 19.9 Å². The zero-order chi connectivity index (χ0) is 13.5. The van der Waals surface area contributed by atoms with E-state index in [2.05, 4.69) is 27.3 Å².